The van der Waals surface area contributed by atoms with Crippen LogP contribution in [0.3, 0.4) is 0 Å². The summed E-state index contributed by atoms with van der Waals surface area (Å²) in [6.07, 6.45) is 5.32. The Hall–Kier alpha value is -1.85. The molecule has 1 aliphatic heterocycles. The predicted octanol–water partition coefficient (Wildman–Crippen LogP) is 2.08. The van der Waals surface area contributed by atoms with Crippen LogP contribution in [0.15, 0.2) is 48.1 Å². The number of rotatable bonds is 2. The zero-order chi connectivity index (χ0) is 13.8. The summed E-state index contributed by atoms with van der Waals surface area (Å²) in [5.41, 5.74) is 0.888. The number of halogens is 1. The van der Waals surface area contributed by atoms with Crippen molar-refractivity contribution in [2.45, 2.75) is 0 Å². The lowest BCUT2D eigenvalue weighted by Gasteiger charge is -2.25. The van der Waals surface area contributed by atoms with Crippen LogP contribution in [0.2, 0.25) is 5.02 Å². The van der Waals surface area contributed by atoms with E-state index in [1.165, 1.54) is 0 Å². The lowest BCUT2D eigenvalue weighted by Crippen LogP contribution is -2.34. The zero-order valence-corrected chi connectivity index (χ0v) is 11.7. The van der Waals surface area contributed by atoms with Gasteiger partial charge in [0.1, 0.15) is 6.33 Å². The van der Waals surface area contributed by atoms with Crippen LogP contribution in [0.1, 0.15) is 5.56 Å². The molecule has 5 nitrogen and oxygen atoms in total. The van der Waals surface area contributed by atoms with Crippen LogP contribution in [-0.2, 0) is 4.74 Å². The van der Waals surface area contributed by atoms with Gasteiger partial charge in [0.05, 0.1) is 31.3 Å². The van der Waals surface area contributed by atoms with Crippen LogP contribution in [0.5, 0.6) is 0 Å². The van der Waals surface area contributed by atoms with Crippen molar-refractivity contribution in [1.29, 1.82) is 0 Å². The van der Waals surface area contributed by atoms with E-state index in [4.69, 9.17) is 21.4 Å². The van der Waals surface area contributed by atoms with E-state index in [0.29, 0.717) is 18.2 Å². The maximum atomic E-state index is 6.30. The molecule has 3 rings (SSSR count). The van der Waals surface area contributed by atoms with E-state index < -0.39 is 0 Å². The number of hydrogen-bond acceptors (Lipinski definition) is 4. The number of hydrazone groups is 1. The van der Waals surface area contributed by atoms with E-state index in [9.17, 15) is 0 Å². The molecule has 0 bridgehead atoms. The van der Waals surface area contributed by atoms with Crippen LogP contribution in [-0.4, -0.2) is 46.7 Å². The van der Waals surface area contributed by atoms with Gasteiger partial charge in [-0.15, -0.1) is 0 Å². The highest BCUT2D eigenvalue weighted by Gasteiger charge is 2.14. The van der Waals surface area contributed by atoms with Crippen LogP contribution in [0, 0.1) is 0 Å². The molecule has 1 fully saturated rings. The summed E-state index contributed by atoms with van der Waals surface area (Å²) in [7, 11) is 0. The maximum Gasteiger partial charge on any atom is 0.166 e. The van der Waals surface area contributed by atoms with Crippen molar-refractivity contribution in [3.8, 4) is 0 Å². The van der Waals surface area contributed by atoms with Gasteiger partial charge in [-0.1, -0.05) is 23.7 Å². The fourth-order valence-electron chi connectivity index (χ4n) is 2.06. The second kappa shape index (κ2) is 6.07. The number of ether oxygens (including phenoxy) is 1. The van der Waals surface area contributed by atoms with Gasteiger partial charge in [-0.05, 0) is 12.1 Å². The predicted molar refractivity (Wildman–Crippen MR) is 78.0 cm³/mol. The second-order valence-electron chi connectivity index (χ2n) is 4.44. The standard InChI is InChI=1S/C14H15ClN4O/c15-13-4-2-1-3-12(13)14(18-6-5-16-11-18)17-19-7-9-20-10-8-19/h1-6,11H,7-10H2. The molecular weight excluding hydrogens is 276 g/mol. The van der Waals surface area contributed by atoms with Gasteiger partial charge < -0.3 is 4.74 Å². The first-order valence-corrected chi connectivity index (χ1v) is 6.87. The largest absolute Gasteiger partial charge is 0.378 e. The topological polar surface area (TPSA) is 42.6 Å². The van der Waals surface area contributed by atoms with Crippen molar-refractivity contribution < 1.29 is 4.74 Å². The Morgan fingerprint density at radius 3 is 2.75 bits per heavy atom. The third-order valence-corrected chi connectivity index (χ3v) is 3.42. The van der Waals surface area contributed by atoms with Crippen LogP contribution in [0.4, 0.5) is 0 Å². The lowest BCUT2D eigenvalue weighted by atomic mass is 10.2. The minimum absolute atomic E-state index is 0.674. The number of benzene rings is 1. The maximum absolute atomic E-state index is 6.30. The van der Waals surface area contributed by atoms with E-state index in [1.807, 2.05) is 40.0 Å². The van der Waals surface area contributed by atoms with E-state index in [-0.39, 0.29) is 0 Å². The molecule has 2 heterocycles. The first kappa shape index (κ1) is 13.1. The highest BCUT2D eigenvalue weighted by molar-refractivity contribution is 6.34. The van der Waals surface area contributed by atoms with Crippen LogP contribution in [0.25, 0.3) is 0 Å². The molecule has 0 aliphatic carbocycles. The third kappa shape index (κ3) is 2.84. The molecule has 0 saturated carbocycles. The summed E-state index contributed by atoms with van der Waals surface area (Å²) in [6, 6.07) is 7.68. The molecule has 0 amide bonds. The minimum atomic E-state index is 0.674. The number of nitrogens with zero attached hydrogens (tertiary/aromatic N) is 4. The second-order valence-corrected chi connectivity index (χ2v) is 4.85. The molecule has 20 heavy (non-hydrogen) atoms. The Morgan fingerprint density at radius 1 is 1.25 bits per heavy atom. The van der Waals surface area contributed by atoms with Gasteiger partial charge in [-0.3, -0.25) is 9.58 Å². The van der Waals surface area contributed by atoms with E-state index >= 15 is 0 Å². The minimum Gasteiger partial charge on any atom is -0.378 e. The van der Waals surface area contributed by atoms with Crippen LogP contribution < -0.4 is 0 Å². The Kier molecular flexibility index (Phi) is 3.99. The van der Waals surface area contributed by atoms with Crippen molar-refractivity contribution >= 4 is 17.4 Å². The number of aromatic nitrogens is 2. The molecule has 0 spiro atoms. The average molecular weight is 291 g/mol. The smallest absolute Gasteiger partial charge is 0.166 e. The van der Waals surface area contributed by atoms with Gasteiger partial charge in [0.2, 0.25) is 0 Å². The molecular formula is C14H15ClN4O. The van der Waals surface area contributed by atoms with Crippen molar-refractivity contribution in [3.63, 3.8) is 0 Å². The van der Waals surface area contributed by atoms with Crippen molar-refractivity contribution in [2.24, 2.45) is 5.10 Å². The first-order valence-electron chi connectivity index (χ1n) is 6.49. The van der Waals surface area contributed by atoms with Crippen molar-refractivity contribution in [1.82, 2.24) is 14.6 Å². The molecule has 6 heteroatoms. The lowest BCUT2D eigenvalue weighted by molar-refractivity contribution is 0.0392. The molecule has 1 saturated heterocycles. The Morgan fingerprint density at radius 2 is 2.05 bits per heavy atom. The number of hydrogen-bond donors (Lipinski definition) is 0. The fraction of sp³-hybridized carbons (Fsp3) is 0.286. The van der Waals surface area contributed by atoms with E-state index in [1.54, 1.807) is 12.5 Å². The van der Waals surface area contributed by atoms with Gasteiger partial charge in [0.15, 0.2) is 5.84 Å². The summed E-state index contributed by atoms with van der Waals surface area (Å²) in [5, 5.41) is 7.39. The highest BCUT2D eigenvalue weighted by atomic mass is 35.5. The Balaban J connectivity index is 2.00. The van der Waals surface area contributed by atoms with Gasteiger partial charge in [0, 0.05) is 18.0 Å². The zero-order valence-electron chi connectivity index (χ0n) is 10.9. The quantitative estimate of drug-likeness (QED) is 0.628. The molecule has 0 radical (unpaired) electrons. The highest BCUT2D eigenvalue weighted by Crippen LogP contribution is 2.17. The van der Waals surface area contributed by atoms with Gasteiger partial charge in [0.25, 0.3) is 0 Å². The fourth-order valence-corrected chi connectivity index (χ4v) is 2.28. The number of morpholine rings is 1. The summed E-state index contributed by atoms with van der Waals surface area (Å²) >= 11 is 6.30. The molecule has 1 aromatic heterocycles. The normalized spacial score (nSPS) is 16.4. The monoisotopic (exact) mass is 290 g/mol. The molecule has 0 unspecified atom stereocenters. The van der Waals surface area contributed by atoms with E-state index in [0.717, 1.165) is 24.5 Å². The van der Waals surface area contributed by atoms with E-state index in [2.05, 4.69) is 4.98 Å². The summed E-state index contributed by atoms with van der Waals surface area (Å²) < 4.78 is 7.22. The first-order chi connectivity index (χ1) is 9.84. The van der Waals surface area contributed by atoms with Gasteiger partial charge in [-0.2, -0.15) is 5.10 Å². The SMILES string of the molecule is Clc1ccccc1C(=NN1CCOCC1)n1ccnc1. The molecule has 0 atom stereocenters. The van der Waals surface area contributed by atoms with Crippen LogP contribution >= 0.6 is 11.6 Å². The third-order valence-electron chi connectivity index (χ3n) is 3.09. The molecule has 2 aromatic rings. The van der Waals surface area contributed by atoms with Crippen molar-refractivity contribution in [2.75, 3.05) is 26.3 Å². The summed E-state index contributed by atoms with van der Waals surface area (Å²) in [6.45, 7) is 2.96. The summed E-state index contributed by atoms with van der Waals surface area (Å²) in [4.78, 5) is 4.09. The number of imidazole rings is 1. The van der Waals surface area contributed by atoms with Gasteiger partial charge >= 0.3 is 0 Å². The van der Waals surface area contributed by atoms with Crippen molar-refractivity contribution in [3.05, 3.63) is 53.6 Å². The molecule has 1 aliphatic rings. The summed E-state index contributed by atoms with van der Waals surface area (Å²) in [5.74, 6) is 0.773. The molecule has 104 valence electrons. The molecule has 0 N–H and O–H groups in total. The van der Waals surface area contributed by atoms with Gasteiger partial charge in [-0.25, -0.2) is 4.98 Å². The molecule has 1 aromatic carbocycles. The Bertz CT molecular complexity index is 591. The average Bonchev–Trinajstić information content (AvgIpc) is 3.01. The Labute approximate surface area is 122 Å².